The molecule has 3 rings (SSSR count). The van der Waals surface area contributed by atoms with Crippen molar-refractivity contribution >= 4 is 34.9 Å². The van der Waals surface area contributed by atoms with Gasteiger partial charge in [-0.2, -0.15) is 0 Å². The quantitative estimate of drug-likeness (QED) is 0.823. The molecule has 122 valence electrons. The van der Waals surface area contributed by atoms with Crippen molar-refractivity contribution in [3.63, 3.8) is 0 Å². The average Bonchev–Trinajstić information content (AvgIpc) is 2.66. The van der Waals surface area contributed by atoms with Gasteiger partial charge in [-0.25, -0.2) is 0 Å². The highest BCUT2D eigenvalue weighted by Crippen LogP contribution is 2.28. The molecule has 0 saturated heterocycles. The Morgan fingerprint density at radius 2 is 1.92 bits per heavy atom. The lowest BCUT2D eigenvalue weighted by atomic mass is 9.96. The number of benzene rings is 2. The third-order valence-corrected chi connectivity index (χ3v) is 4.51. The Bertz CT molecular complexity index is 897. The molecule has 0 radical (unpaired) electrons. The zero-order valence-electron chi connectivity index (χ0n) is 13.9. The maximum atomic E-state index is 12.1. The number of carbonyl (C=O) groups excluding carboxylic acids is 1. The molecule has 4 heteroatoms. The number of aryl methyl sites for hydroxylation is 1. The van der Waals surface area contributed by atoms with E-state index in [1.807, 2.05) is 56.3 Å². The van der Waals surface area contributed by atoms with Crippen molar-refractivity contribution in [1.82, 2.24) is 0 Å². The van der Waals surface area contributed by atoms with Crippen LogP contribution in [0.3, 0.4) is 0 Å². The second kappa shape index (κ2) is 6.25. The Morgan fingerprint density at radius 3 is 2.58 bits per heavy atom. The van der Waals surface area contributed by atoms with Gasteiger partial charge in [-0.3, -0.25) is 9.79 Å². The highest BCUT2D eigenvalue weighted by atomic mass is 35.5. The number of rotatable bonds is 2. The molecular formula is C20H19ClN2O. The van der Waals surface area contributed by atoms with E-state index in [0.29, 0.717) is 5.02 Å². The Hall–Kier alpha value is -2.39. The van der Waals surface area contributed by atoms with Crippen LogP contribution in [0.2, 0.25) is 5.02 Å². The van der Waals surface area contributed by atoms with Gasteiger partial charge in [0.2, 0.25) is 0 Å². The number of nitrogen functional groups attached to an aromatic ring is 1. The summed E-state index contributed by atoms with van der Waals surface area (Å²) < 4.78 is 0. The van der Waals surface area contributed by atoms with E-state index in [2.05, 4.69) is 0 Å². The second-order valence-electron chi connectivity index (χ2n) is 6.18. The summed E-state index contributed by atoms with van der Waals surface area (Å²) in [5.41, 5.74) is 12.2. The minimum atomic E-state index is -0.482. The van der Waals surface area contributed by atoms with Gasteiger partial charge in [-0.05, 0) is 61.7 Å². The summed E-state index contributed by atoms with van der Waals surface area (Å²) in [7, 11) is 0. The molecule has 1 atom stereocenters. The molecule has 0 spiro atoms. The van der Waals surface area contributed by atoms with Crippen molar-refractivity contribution in [2.45, 2.75) is 26.8 Å². The molecule has 0 fully saturated rings. The van der Waals surface area contributed by atoms with E-state index in [9.17, 15) is 4.79 Å². The molecule has 3 nitrogen and oxygen atoms in total. The van der Waals surface area contributed by atoms with E-state index in [1.54, 1.807) is 6.92 Å². The molecule has 1 aliphatic heterocycles. The van der Waals surface area contributed by atoms with Gasteiger partial charge in [0.1, 0.15) is 6.04 Å². The third-order valence-electron chi connectivity index (χ3n) is 4.27. The molecule has 0 bridgehead atoms. The summed E-state index contributed by atoms with van der Waals surface area (Å²) in [6, 6.07) is 11.0. The van der Waals surface area contributed by atoms with Gasteiger partial charge in [0.05, 0.1) is 5.71 Å². The second-order valence-corrected chi connectivity index (χ2v) is 6.62. The molecular weight excluding hydrogens is 320 g/mol. The Labute approximate surface area is 146 Å². The number of nitrogens with two attached hydrogens (primary N) is 1. The van der Waals surface area contributed by atoms with E-state index in [0.717, 1.165) is 39.2 Å². The maximum Gasteiger partial charge on any atom is 0.158 e. The number of aliphatic imine (C=N–C) groups is 1. The van der Waals surface area contributed by atoms with Crippen LogP contribution in [0.25, 0.3) is 6.08 Å². The predicted octanol–water partition coefficient (Wildman–Crippen LogP) is 4.44. The molecule has 2 N–H and O–H groups in total. The summed E-state index contributed by atoms with van der Waals surface area (Å²) in [6.45, 7) is 5.46. The van der Waals surface area contributed by atoms with Crippen LogP contribution in [0.15, 0.2) is 47.0 Å². The number of carbonyl (C=O) groups is 1. The normalized spacial score (nSPS) is 16.8. The van der Waals surface area contributed by atoms with Crippen LogP contribution in [0, 0.1) is 6.92 Å². The van der Waals surface area contributed by atoms with Crippen LogP contribution in [0.1, 0.15) is 36.1 Å². The van der Waals surface area contributed by atoms with Gasteiger partial charge in [-0.15, -0.1) is 0 Å². The minimum Gasteiger partial charge on any atom is -0.399 e. The van der Waals surface area contributed by atoms with Crippen LogP contribution in [0.5, 0.6) is 0 Å². The molecule has 2 aromatic rings. The number of Topliss-reactive ketones (excluding diaryl/α,β-unsaturated/α-hetero) is 1. The molecule has 0 amide bonds. The Balaban J connectivity index is 2.28. The van der Waals surface area contributed by atoms with Crippen LogP contribution < -0.4 is 5.73 Å². The van der Waals surface area contributed by atoms with Crippen LogP contribution in [0.4, 0.5) is 5.69 Å². The van der Waals surface area contributed by atoms with Crippen molar-refractivity contribution in [2.75, 3.05) is 5.73 Å². The molecule has 24 heavy (non-hydrogen) atoms. The first kappa shape index (κ1) is 16.5. The SMILES string of the molecule is CC(=O)C1N=C(c2ccc(N)c(C)c2)c2cc(Cl)ccc2C=C1C. The zero-order chi connectivity index (χ0) is 17.4. The van der Waals surface area contributed by atoms with E-state index in [1.165, 1.54) is 0 Å². The third kappa shape index (κ3) is 3.00. The number of nitrogens with zero attached hydrogens (tertiary/aromatic N) is 1. The molecule has 0 saturated carbocycles. The van der Waals surface area contributed by atoms with Gasteiger partial charge in [0, 0.05) is 21.8 Å². The van der Waals surface area contributed by atoms with Gasteiger partial charge >= 0.3 is 0 Å². The standard InChI is InChI=1S/C20H19ClN2O/c1-11-8-15(5-7-18(11)22)20-17-10-16(21)6-4-14(17)9-12(2)19(23-20)13(3)24/h4-10,19H,22H2,1-3H3. The Kier molecular flexibility index (Phi) is 4.29. The van der Waals surface area contributed by atoms with Gasteiger partial charge in [0.15, 0.2) is 5.78 Å². The monoisotopic (exact) mass is 338 g/mol. The van der Waals surface area contributed by atoms with Crippen LogP contribution >= 0.6 is 11.6 Å². The lowest BCUT2D eigenvalue weighted by Crippen LogP contribution is -2.18. The number of fused-ring (bicyclic) bond motifs is 1. The van der Waals surface area contributed by atoms with E-state index in [-0.39, 0.29) is 5.78 Å². The first-order valence-electron chi connectivity index (χ1n) is 7.79. The predicted molar refractivity (Wildman–Crippen MR) is 101 cm³/mol. The summed E-state index contributed by atoms with van der Waals surface area (Å²) >= 11 is 6.21. The number of ketones is 1. The fourth-order valence-electron chi connectivity index (χ4n) is 2.95. The molecule has 2 aromatic carbocycles. The van der Waals surface area contributed by atoms with Gasteiger partial charge < -0.3 is 5.73 Å². The topological polar surface area (TPSA) is 55.5 Å². The van der Waals surface area contributed by atoms with Crippen molar-refractivity contribution in [2.24, 2.45) is 4.99 Å². The van der Waals surface area contributed by atoms with Crippen molar-refractivity contribution < 1.29 is 4.79 Å². The van der Waals surface area contributed by atoms with Crippen molar-refractivity contribution in [3.05, 3.63) is 69.2 Å². The minimum absolute atomic E-state index is 0.0207. The largest absolute Gasteiger partial charge is 0.399 e. The number of hydrogen-bond donors (Lipinski definition) is 1. The maximum absolute atomic E-state index is 12.1. The highest BCUT2D eigenvalue weighted by molar-refractivity contribution is 6.31. The lowest BCUT2D eigenvalue weighted by Gasteiger charge is -2.13. The first-order chi connectivity index (χ1) is 11.4. The first-order valence-corrected chi connectivity index (χ1v) is 8.17. The fourth-order valence-corrected chi connectivity index (χ4v) is 3.12. The molecule has 1 heterocycles. The molecule has 0 aliphatic carbocycles. The smallest absolute Gasteiger partial charge is 0.158 e. The number of hydrogen-bond acceptors (Lipinski definition) is 3. The Morgan fingerprint density at radius 1 is 1.17 bits per heavy atom. The molecule has 0 aromatic heterocycles. The highest BCUT2D eigenvalue weighted by Gasteiger charge is 2.23. The number of halogens is 1. The molecule has 1 aliphatic rings. The van der Waals surface area contributed by atoms with E-state index < -0.39 is 6.04 Å². The van der Waals surface area contributed by atoms with Crippen molar-refractivity contribution in [1.29, 1.82) is 0 Å². The van der Waals surface area contributed by atoms with Crippen molar-refractivity contribution in [3.8, 4) is 0 Å². The van der Waals surface area contributed by atoms with E-state index in [4.69, 9.17) is 22.3 Å². The fraction of sp³-hybridized carbons (Fsp3) is 0.200. The van der Waals surface area contributed by atoms with Gasteiger partial charge in [0.25, 0.3) is 0 Å². The summed E-state index contributed by atoms with van der Waals surface area (Å²) in [5.74, 6) is 0.0207. The van der Waals surface area contributed by atoms with E-state index >= 15 is 0 Å². The average molecular weight is 339 g/mol. The van der Waals surface area contributed by atoms with Gasteiger partial charge in [-0.1, -0.05) is 29.8 Å². The molecule has 1 unspecified atom stereocenters. The van der Waals surface area contributed by atoms with Crippen LogP contribution in [-0.2, 0) is 4.79 Å². The number of anilines is 1. The lowest BCUT2D eigenvalue weighted by molar-refractivity contribution is -0.117. The summed E-state index contributed by atoms with van der Waals surface area (Å²) in [6.07, 6.45) is 2.01. The zero-order valence-corrected chi connectivity index (χ0v) is 14.7. The van der Waals surface area contributed by atoms with Crippen LogP contribution in [-0.4, -0.2) is 17.5 Å². The summed E-state index contributed by atoms with van der Waals surface area (Å²) in [5, 5.41) is 0.640. The summed E-state index contributed by atoms with van der Waals surface area (Å²) in [4.78, 5) is 16.9.